The Balaban J connectivity index is 1.71. The van der Waals surface area contributed by atoms with E-state index in [4.69, 9.17) is 0 Å². The van der Waals surface area contributed by atoms with Crippen molar-refractivity contribution in [2.24, 2.45) is 0 Å². The van der Waals surface area contributed by atoms with Gasteiger partial charge in [-0.15, -0.1) is 11.3 Å². The van der Waals surface area contributed by atoms with Crippen LogP contribution in [0.5, 0.6) is 0 Å². The minimum atomic E-state index is -0.470. The molecule has 0 aliphatic carbocycles. The van der Waals surface area contributed by atoms with Gasteiger partial charge in [0.1, 0.15) is 11.6 Å². The molecule has 2 amide bonds. The molecule has 0 spiro atoms. The number of aryl methyl sites for hydroxylation is 1. The lowest BCUT2D eigenvalue weighted by molar-refractivity contribution is 0.187. The third-order valence-corrected chi connectivity index (χ3v) is 4.80. The Morgan fingerprint density at radius 2 is 2.04 bits per heavy atom. The predicted octanol–water partition coefficient (Wildman–Crippen LogP) is 3.56. The van der Waals surface area contributed by atoms with Gasteiger partial charge in [0, 0.05) is 17.5 Å². The predicted molar refractivity (Wildman–Crippen MR) is 84.3 cm³/mol. The minimum Gasteiger partial charge on any atom is -0.330 e. The van der Waals surface area contributed by atoms with E-state index in [-0.39, 0.29) is 24.2 Å². The molecule has 4 nitrogen and oxygen atoms in total. The van der Waals surface area contributed by atoms with Crippen molar-refractivity contribution >= 4 is 17.4 Å². The Bertz CT molecular complexity index is 747. The topological polar surface area (TPSA) is 45.2 Å². The van der Waals surface area contributed by atoms with Gasteiger partial charge in [-0.25, -0.2) is 18.6 Å². The number of rotatable bonds is 2. The van der Waals surface area contributed by atoms with Crippen LogP contribution in [0.25, 0.3) is 0 Å². The van der Waals surface area contributed by atoms with E-state index in [1.807, 2.05) is 19.2 Å². The van der Waals surface area contributed by atoms with Gasteiger partial charge >= 0.3 is 6.03 Å². The number of thiazole rings is 1. The van der Waals surface area contributed by atoms with E-state index >= 15 is 0 Å². The molecule has 1 aromatic heterocycles. The van der Waals surface area contributed by atoms with E-state index in [1.165, 1.54) is 16.2 Å². The number of hydrogen-bond acceptors (Lipinski definition) is 3. The van der Waals surface area contributed by atoms with Crippen LogP contribution in [0, 0.1) is 18.6 Å². The van der Waals surface area contributed by atoms with Crippen LogP contribution in [-0.4, -0.2) is 22.5 Å². The molecule has 23 heavy (non-hydrogen) atoms. The molecule has 0 saturated carbocycles. The highest BCUT2D eigenvalue weighted by atomic mass is 32.1. The fourth-order valence-electron chi connectivity index (χ4n) is 2.70. The number of fused-ring (bicyclic) bond motifs is 1. The summed E-state index contributed by atoms with van der Waals surface area (Å²) >= 11 is 1.52. The number of carbonyl (C=O) groups is 1. The van der Waals surface area contributed by atoms with Gasteiger partial charge in [0.05, 0.1) is 23.3 Å². The highest BCUT2D eigenvalue weighted by molar-refractivity contribution is 7.09. The van der Waals surface area contributed by atoms with E-state index in [0.29, 0.717) is 18.5 Å². The minimum absolute atomic E-state index is 0.0770. The van der Waals surface area contributed by atoms with Gasteiger partial charge in [-0.3, -0.25) is 0 Å². The molecular weight excluding hydrogens is 320 g/mol. The van der Waals surface area contributed by atoms with E-state index in [1.54, 1.807) is 0 Å². The molecule has 2 heterocycles. The molecule has 0 fully saturated rings. The van der Waals surface area contributed by atoms with Gasteiger partial charge in [-0.2, -0.15) is 0 Å². The number of carbonyl (C=O) groups excluding carboxylic acids is 1. The first-order valence-corrected chi connectivity index (χ1v) is 8.27. The van der Waals surface area contributed by atoms with Crippen molar-refractivity contribution in [1.82, 2.24) is 15.2 Å². The second-order valence-electron chi connectivity index (χ2n) is 5.62. The van der Waals surface area contributed by atoms with Gasteiger partial charge < -0.3 is 10.2 Å². The Labute approximate surface area is 137 Å². The number of benzene rings is 1. The van der Waals surface area contributed by atoms with E-state index in [9.17, 15) is 13.6 Å². The summed E-state index contributed by atoms with van der Waals surface area (Å²) in [5.41, 5.74) is 1.44. The summed E-state index contributed by atoms with van der Waals surface area (Å²) in [4.78, 5) is 18.2. The van der Waals surface area contributed by atoms with E-state index < -0.39 is 11.6 Å². The molecular formula is C16H17F2N3OS. The molecule has 3 rings (SSSR count). The van der Waals surface area contributed by atoms with Gasteiger partial charge in [-0.1, -0.05) is 0 Å². The van der Waals surface area contributed by atoms with Crippen molar-refractivity contribution in [1.29, 1.82) is 0 Å². The number of hydrogen-bond donors (Lipinski definition) is 1. The molecule has 0 bridgehead atoms. The van der Waals surface area contributed by atoms with Gasteiger partial charge in [-0.05, 0) is 38.0 Å². The maximum atomic E-state index is 13.9. The Kier molecular flexibility index (Phi) is 4.30. The van der Waals surface area contributed by atoms with E-state index in [2.05, 4.69) is 10.3 Å². The Morgan fingerprint density at radius 1 is 1.35 bits per heavy atom. The van der Waals surface area contributed by atoms with Crippen molar-refractivity contribution in [3.8, 4) is 0 Å². The van der Waals surface area contributed by atoms with Gasteiger partial charge in [0.25, 0.3) is 0 Å². The molecule has 1 unspecified atom stereocenters. The standard InChI is InChI=1S/C16H17F2N3OS/c1-9(15-8-23-10(2)20-15)19-16(22)21-6-5-11-12(7-21)14(18)4-3-13(11)17/h3-4,8-9H,5-7H2,1-2H3,(H,19,22). The zero-order chi connectivity index (χ0) is 16.6. The molecule has 1 aliphatic heterocycles. The summed E-state index contributed by atoms with van der Waals surface area (Å²) < 4.78 is 27.6. The Hall–Kier alpha value is -2.02. The molecule has 122 valence electrons. The fraction of sp³-hybridized carbons (Fsp3) is 0.375. The van der Waals surface area contributed by atoms with Gasteiger partial charge in [0.2, 0.25) is 0 Å². The summed E-state index contributed by atoms with van der Waals surface area (Å²) in [6, 6.07) is 1.72. The smallest absolute Gasteiger partial charge is 0.318 e. The van der Waals surface area contributed by atoms with Crippen LogP contribution in [0.1, 0.15) is 34.8 Å². The maximum Gasteiger partial charge on any atom is 0.318 e. The Morgan fingerprint density at radius 3 is 2.70 bits per heavy atom. The molecule has 1 aliphatic rings. The second kappa shape index (κ2) is 6.23. The van der Waals surface area contributed by atoms with Crippen LogP contribution < -0.4 is 5.32 Å². The van der Waals surface area contributed by atoms with Gasteiger partial charge in [0.15, 0.2) is 0 Å². The van der Waals surface area contributed by atoms with E-state index in [0.717, 1.165) is 22.8 Å². The maximum absolute atomic E-state index is 13.9. The lowest BCUT2D eigenvalue weighted by Crippen LogP contribution is -2.44. The first kappa shape index (κ1) is 15.9. The summed E-state index contributed by atoms with van der Waals surface area (Å²) in [6.45, 7) is 4.20. The number of nitrogens with one attached hydrogen (secondary N) is 1. The van der Waals surface area contributed by atoms with Crippen molar-refractivity contribution in [2.45, 2.75) is 32.9 Å². The number of halogens is 2. The lowest BCUT2D eigenvalue weighted by Gasteiger charge is -2.30. The number of amides is 2. The van der Waals surface area contributed by atoms with Crippen molar-refractivity contribution < 1.29 is 13.6 Å². The number of urea groups is 1. The van der Waals surface area contributed by atoms with Crippen LogP contribution in [0.4, 0.5) is 13.6 Å². The van der Waals surface area contributed by atoms with Crippen LogP contribution in [0.3, 0.4) is 0 Å². The molecule has 0 saturated heterocycles. The summed E-state index contributed by atoms with van der Waals surface area (Å²) in [6.07, 6.45) is 0.316. The molecule has 1 atom stereocenters. The molecule has 7 heteroatoms. The highest BCUT2D eigenvalue weighted by Crippen LogP contribution is 2.25. The van der Waals surface area contributed by atoms with Crippen LogP contribution in [0.2, 0.25) is 0 Å². The number of aromatic nitrogens is 1. The second-order valence-corrected chi connectivity index (χ2v) is 6.68. The zero-order valence-electron chi connectivity index (χ0n) is 12.9. The number of nitrogens with zero attached hydrogens (tertiary/aromatic N) is 2. The zero-order valence-corrected chi connectivity index (χ0v) is 13.7. The monoisotopic (exact) mass is 337 g/mol. The quantitative estimate of drug-likeness (QED) is 0.911. The van der Waals surface area contributed by atoms with Crippen LogP contribution >= 0.6 is 11.3 Å². The summed E-state index contributed by atoms with van der Waals surface area (Å²) in [5.74, 6) is -0.880. The molecule has 0 radical (unpaired) electrons. The van der Waals surface area contributed by atoms with Crippen molar-refractivity contribution in [3.63, 3.8) is 0 Å². The first-order chi connectivity index (χ1) is 11.0. The third-order valence-electron chi connectivity index (χ3n) is 4.01. The molecule has 1 aromatic carbocycles. The third kappa shape index (κ3) is 3.19. The fourth-order valence-corrected chi connectivity index (χ4v) is 3.40. The van der Waals surface area contributed by atoms with Crippen molar-refractivity contribution in [2.75, 3.05) is 6.54 Å². The molecule has 1 N–H and O–H groups in total. The van der Waals surface area contributed by atoms with Crippen molar-refractivity contribution in [3.05, 3.63) is 51.0 Å². The SMILES string of the molecule is Cc1nc(C(C)NC(=O)N2CCc3c(F)ccc(F)c3C2)cs1. The normalized spacial score (nSPS) is 15.2. The summed E-state index contributed by atoms with van der Waals surface area (Å²) in [5, 5.41) is 5.70. The largest absolute Gasteiger partial charge is 0.330 e. The van der Waals surface area contributed by atoms with Crippen LogP contribution in [-0.2, 0) is 13.0 Å². The average molecular weight is 337 g/mol. The first-order valence-electron chi connectivity index (χ1n) is 7.39. The summed E-state index contributed by atoms with van der Waals surface area (Å²) in [7, 11) is 0. The molecule has 2 aromatic rings. The average Bonchev–Trinajstić information content (AvgIpc) is 2.97. The van der Waals surface area contributed by atoms with Crippen LogP contribution in [0.15, 0.2) is 17.5 Å². The lowest BCUT2D eigenvalue weighted by atomic mass is 9.99. The highest BCUT2D eigenvalue weighted by Gasteiger charge is 2.26.